The van der Waals surface area contributed by atoms with Gasteiger partial charge in [-0.25, -0.2) is 0 Å². The molecular formula is C5F12N2O. The van der Waals surface area contributed by atoms with E-state index in [4.69, 9.17) is 0 Å². The Hall–Kier alpha value is -1.41. The fraction of sp³-hybridized carbons (Fsp3) is 0.800. The molecule has 0 N–H and O–H groups in total. The number of halogens is 12. The lowest BCUT2D eigenvalue weighted by Crippen LogP contribution is -2.48. The van der Waals surface area contributed by atoms with Crippen molar-refractivity contribution < 1.29 is 57.6 Å². The van der Waals surface area contributed by atoms with Crippen molar-refractivity contribution in [3.05, 3.63) is 0 Å². The summed E-state index contributed by atoms with van der Waals surface area (Å²) in [7, 11) is 0. The van der Waals surface area contributed by atoms with Gasteiger partial charge in [-0.2, -0.15) is 52.7 Å². The van der Waals surface area contributed by atoms with Crippen molar-refractivity contribution in [3.8, 4) is 0 Å². The molecule has 3 nitrogen and oxygen atoms in total. The van der Waals surface area contributed by atoms with Crippen LogP contribution in [0.3, 0.4) is 0 Å². The largest absolute Gasteiger partial charge is 0.502 e. The molecule has 0 radical (unpaired) electrons. The van der Waals surface area contributed by atoms with Crippen LogP contribution in [0.15, 0.2) is 5.16 Å². The minimum Gasteiger partial charge on any atom is -0.280 e. The highest BCUT2D eigenvalue weighted by Gasteiger charge is 2.59. The van der Waals surface area contributed by atoms with Crippen LogP contribution in [0.5, 0.6) is 0 Å². The summed E-state index contributed by atoms with van der Waals surface area (Å²) >= 11 is 0. The average molecular weight is 332 g/mol. The number of oxime groups is 1. The molecule has 20 heavy (non-hydrogen) atoms. The molecule has 0 aromatic rings. The van der Waals surface area contributed by atoms with Crippen LogP contribution in [0.25, 0.3) is 0 Å². The average Bonchev–Trinajstić information content (AvgIpc) is 2.02. The van der Waals surface area contributed by atoms with Crippen LogP contribution in [-0.2, 0) is 4.94 Å². The molecule has 0 amide bonds. The number of alkyl halides is 12. The summed E-state index contributed by atoms with van der Waals surface area (Å²) in [5.41, 5.74) is -3.93. The lowest BCUT2D eigenvalue weighted by molar-refractivity contribution is -0.484. The maximum Gasteiger partial charge on any atom is 0.502 e. The Balaban J connectivity index is 5.50. The first-order valence-corrected chi connectivity index (χ1v) is 3.80. The summed E-state index contributed by atoms with van der Waals surface area (Å²) in [6, 6.07) is 0. The molecule has 0 bridgehead atoms. The maximum atomic E-state index is 11.7. The second-order valence-corrected chi connectivity index (χ2v) is 2.75. The van der Waals surface area contributed by atoms with E-state index in [1.165, 1.54) is 0 Å². The molecule has 0 aromatic heterocycles. The van der Waals surface area contributed by atoms with Crippen molar-refractivity contribution in [1.82, 2.24) is 5.06 Å². The van der Waals surface area contributed by atoms with Crippen molar-refractivity contribution in [1.29, 1.82) is 0 Å². The van der Waals surface area contributed by atoms with E-state index >= 15 is 0 Å². The SMILES string of the molecule is FC(F)(F)C(=NON(C(F)(F)F)C(F)(F)F)C(F)(F)F. The highest BCUT2D eigenvalue weighted by molar-refractivity contribution is 5.94. The van der Waals surface area contributed by atoms with Crippen LogP contribution >= 0.6 is 0 Å². The van der Waals surface area contributed by atoms with Crippen LogP contribution in [0.2, 0.25) is 0 Å². The Morgan fingerprint density at radius 1 is 0.650 bits per heavy atom. The van der Waals surface area contributed by atoms with Gasteiger partial charge in [0.05, 0.1) is 5.06 Å². The molecule has 0 heterocycles. The zero-order valence-corrected chi connectivity index (χ0v) is 8.34. The molecule has 0 aliphatic heterocycles. The molecule has 0 rings (SSSR count). The van der Waals surface area contributed by atoms with E-state index in [1.807, 2.05) is 0 Å². The van der Waals surface area contributed by atoms with E-state index in [2.05, 4.69) is 4.94 Å². The second-order valence-electron chi connectivity index (χ2n) is 2.75. The molecule has 0 aromatic carbocycles. The second kappa shape index (κ2) is 5.17. The highest BCUT2D eigenvalue weighted by atomic mass is 19.4. The zero-order chi connectivity index (χ0) is 16.6. The Morgan fingerprint density at radius 2 is 0.950 bits per heavy atom. The third kappa shape index (κ3) is 5.30. The van der Waals surface area contributed by atoms with Gasteiger partial charge in [0.2, 0.25) is 0 Å². The first-order chi connectivity index (χ1) is 8.47. The van der Waals surface area contributed by atoms with Crippen molar-refractivity contribution >= 4 is 5.71 Å². The van der Waals surface area contributed by atoms with E-state index in [-0.39, 0.29) is 0 Å². The van der Waals surface area contributed by atoms with Gasteiger partial charge in [-0.3, -0.25) is 4.94 Å². The van der Waals surface area contributed by atoms with Gasteiger partial charge in [0, 0.05) is 0 Å². The molecule has 0 saturated heterocycles. The smallest absolute Gasteiger partial charge is 0.280 e. The molecule has 120 valence electrons. The van der Waals surface area contributed by atoms with Crippen molar-refractivity contribution in [2.75, 3.05) is 0 Å². The molecule has 0 spiro atoms. The molecule has 0 aliphatic carbocycles. The molecule has 0 aliphatic rings. The highest BCUT2D eigenvalue weighted by Crippen LogP contribution is 2.35. The molecule has 0 unspecified atom stereocenters. The standard InChI is InChI=1S/C5F12N2O/c6-2(7,8)1(3(9,10)11)18-20-19(4(12,13)14)5(15,16)17. The number of hydroxylamine groups is 2. The summed E-state index contributed by atoms with van der Waals surface area (Å²) < 4.78 is 141. The quantitative estimate of drug-likeness (QED) is 0.333. The van der Waals surface area contributed by atoms with E-state index in [0.29, 0.717) is 0 Å². The summed E-state index contributed by atoms with van der Waals surface area (Å²) in [6.07, 6.45) is -25.7. The Morgan fingerprint density at radius 3 is 1.15 bits per heavy atom. The Labute approximate surface area is 99.9 Å². The Kier molecular flexibility index (Phi) is 4.81. The molecule has 0 saturated carbocycles. The monoisotopic (exact) mass is 332 g/mol. The lowest BCUT2D eigenvalue weighted by Gasteiger charge is -2.23. The first kappa shape index (κ1) is 18.6. The minimum absolute atomic E-state index is 0.852. The minimum atomic E-state index is -6.47. The first-order valence-electron chi connectivity index (χ1n) is 3.80. The summed E-state index contributed by atoms with van der Waals surface area (Å²) in [6.45, 7) is 0. The molecule has 15 heteroatoms. The van der Waals surface area contributed by atoms with Gasteiger partial charge in [0.25, 0.3) is 5.71 Å². The number of rotatable bonds is 2. The number of hydrogen-bond donors (Lipinski definition) is 0. The van der Waals surface area contributed by atoms with Crippen molar-refractivity contribution in [2.45, 2.75) is 25.0 Å². The van der Waals surface area contributed by atoms with E-state index in [0.717, 1.165) is 5.16 Å². The predicted molar refractivity (Wildman–Crippen MR) is 34.6 cm³/mol. The molecular weight excluding hydrogens is 332 g/mol. The van der Waals surface area contributed by atoms with E-state index < -0.39 is 35.7 Å². The van der Waals surface area contributed by atoms with Gasteiger partial charge in [-0.1, -0.05) is 5.16 Å². The summed E-state index contributed by atoms with van der Waals surface area (Å²) in [5.74, 6) is 0. The van der Waals surface area contributed by atoms with Gasteiger partial charge in [-0.15, -0.1) is 0 Å². The molecule has 0 fully saturated rings. The van der Waals surface area contributed by atoms with E-state index in [9.17, 15) is 52.7 Å². The van der Waals surface area contributed by atoms with Crippen LogP contribution in [0.1, 0.15) is 0 Å². The number of hydrogen-bond acceptors (Lipinski definition) is 3. The van der Waals surface area contributed by atoms with Crippen molar-refractivity contribution in [3.63, 3.8) is 0 Å². The van der Waals surface area contributed by atoms with Crippen LogP contribution in [0, 0.1) is 0 Å². The zero-order valence-electron chi connectivity index (χ0n) is 8.34. The normalized spacial score (nSPS) is 14.4. The summed E-state index contributed by atoms with van der Waals surface area (Å²) in [4.78, 5) is 2.22. The van der Waals surface area contributed by atoms with Gasteiger partial charge >= 0.3 is 25.0 Å². The van der Waals surface area contributed by atoms with Gasteiger partial charge in [0.15, 0.2) is 0 Å². The van der Waals surface area contributed by atoms with Crippen molar-refractivity contribution in [2.24, 2.45) is 5.16 Å². The fourth-order valence-corrected chi connectivity index (χ4v) is 0.582. The van der Waals surface area contributed by atoms with Crippen LogP contribution in [0.4, 0.5) is 52.7 Å². The lowest BCUT2D eigenvalue weighted by atomic mass is 10.3. The Bertz CT molecular complexity index is 328. The third-order valence-electron chi connectivity index (χ3n) is 1.21. The molecule has 0 atom stereocenters. The third-order valence-corrected chi connectivity index (χ3v) is 1.21. The van der Waals surface area contributed by atoms with E-state index in [1.54, 1.807) is 0 Å². The van der Waals surface area contributed by atoms with Gasteiger partial charge < -0.3 is 0 Å². The summed E-state index contributed by atoms with van der Waals surface area (Å²) in [5, 5.41) is -2.18. The van der Waals surface area contributed by atoms with Crippen LogP contribution < -0.4 is 0 Å². The topological polar surface area (TPSA) is 24.8 Å². The van der Waals surface area contributed by atoms with Gasteiger partial charge in [0.1, 0.15) is 0 Å². The number of nitrogens with zero attached hydrogens (tertiary/aromatic N) is 2. The maximum absolute atomic E-state index is 11.7. The predicted octanol–water partition coefficient (Wildman–Crippen LogP) is 3.74. The van der Waals surface area contributed by atoms with Crippen LogP contribution in [-0.4, -0.2) is 35.7 Å². The fourth-order valence-electron chi connectivity index (χ4n) is 0.582. The van der Waals surface area contributed by atoms with Gasteiger partial charge in [-0.05, 0) is 0 Å².